The average Bonchev–Trinajstić information content (AvgIpc) is 3.33. The van der Waals surface area contributed by atoms with Gasteiger partial charge in [0.15, 0.2) is 0 Å². The molecule has 0 aliphatic heterocycles. The number of carbonyl (C=O) groups is 1. The summed E-state index contributed by atoms with van der Waals surface area (Å²) in [6.45, 7) is 2.25. The van der Waals surface area contributed by atoms with Gasteiger partial charge in [-0.1, -0.05) is 42.5 Å². The molecule has 0 amide bonds. The zero-order chi connectivity index (χ0) is 15.6. The van der Waals surface area contributed by atoms with E-state index >= 15 is 0 Å². The fourth-order valence-corrected chi connectivity index (χ4v) is 3.16. The lowest BCUT2D eigenvalue weighted by atomic mass is 9.91. The van der Waals surface area contributed by atoms with Gasteiger partial charge in [-0.2, -0.15) is 0 Å². The number of hydrogen-bond acceptors (Lipinski definition) is 3. The number of hydrogen-bond donors (Lipinski definition) is 0. The second kappa shape index (κ2) is 5.84. The minimum absolute atomic E-state index is 0.123. The van der Waals surface area contributed by atoms with Crippen LogP contribution in [-0.4, -0.2) is 19.7 Å². The van der Waals surface area contributed by atoms with Crippen molar-refractivity contribution in [2.24, 2.45) is 0 Å². The van der Waals surface area contributed by atoms with E-state index in [2.05, 4.69) is 0 Å². The summed E-state index contributed by atoms with van der Waals surface area (Å²) in [5.74, 6) is 0.868. The van der Waals surface area contributed by atoms with Crippen molar-refractivity contribution in [2.75, 3.05) is 13.7 Å². The van der Waals surface area contributed by atoms with Crippen molar-refractivity contribution in [3.05, 3.63) is 65.7 Å². The molecule has 1 fully saturated rings. The molecule has 0 aromatic heterocycles. The Bertz CT molecular complexity index is 648. The lowest BCUT2D eigenvalue weighted by Crippen LogP contribution is -2.25. The molecule has 0 unspecified atom stereocenters. The van der Waals surface area contributed by atoms with E-state index in [1.807, 2.05) is 61.5 Å². The van der Waals surface area contributed by atoms with E-state index in [0.29, 0.717) is 6.61 Å². The zero-order valence-electron chi connectivity index (χ0n) is 12.9. The maximum Gasteiger partial charge on any atom is 0.317 e. The smallest absolute Gasteiger partial charge is 0.317 e. The van der Waals surface area contributed by atoms with Crippen molar-refractivity contribution in [1.82, 2.24) is 0 Å². The summed E-state index contributed by atoms with van der Waals surface area (Å²) in [6.07, 6.45) is 0.794. The van der Waals surface area contributed by atoms with Crippen LogP contribution in [0.4, 0.5) is 0 Å². The predicted molar refractivity (Wildman–Crippen MR) is 85.1 cm³/mol. The first kappa shape index (κ1) is 14.6. The molecule has 0 heterocycles. The molecule has 0 radical (unpaired) electrons. The van der Waals surface area contributed by atoms with Crippen molar-refractivity contribution in [1.29, 1.82) is 0 Å². The summed E-state index contributed by atoms with van der Waals surface area (Å²) in [4.78, 5) is 12.6. The third-order valence-corrected chi connectivity index (χ3v) is 4.41. The van der Waals surface area contributed by atoms with Gasteiger partial charge in [0.05, 0.1) is 13.7 Å². The van der Waals surface area contributed by atoms with Crippen LogP contribution >= 0.6 is 0 Å². The van der Waals surface area contributed by atoms with Crippen LogP contribution in [0.25, 0.3) is 0 Å². The molecule has 2 aromatic rings. The second-order valence-electron chi connectivity index (χ2n) is 5.59. The fourth-order valence-electron chi connectivity index (χ4n) is 3.16. The molecule has 22 heavy (non-hydrogen) atoms. The Labute approximate surface area is 130 Å². The van der Waals surface area contributed by atoms with Crippen LogP contribution in [0.3, 0.4) is 0 Å². The van der Waals surface area contributed by atoms with Crippen LogP contribution in [0.2, 0.25) is 0 Å². The lowest BCUT2D eigenvalue weighted by molar-refractivity contribution is -0.146. The molecular weight excluding hydrogens is 276 g/mol. The molecule has 0 saturated heterocycles. The highest BCUT2D eigenvalue weighted by atomic mass is 16.5. The van der Waals surface area contributed by atoms with E-state index in [1.165, 1.54) is 0 Å². The Balaban J connectivity index is 1.94. The molecule has 0 N–H and O–H groups in total. The summed E-state index contributed by atoms with van der Waals surface area (Å²) >= 11 is 0. The Morgan fingerprint density at radius 1 is 1.14 bits per heavy atom. The maximum atomic E-state index is 12.6. The zero-order valence-corrected chi connectivity index (χ0v) is 12.9. The summed E-state index contributed by atoms with van der Waals surface area (Å²) in [7, 11) is 1.65. The van der Waals surface area contributed by atoms with Crippen LogP contribution in [0.1, 0.15) is 30.4 Å². The molecule has 3 nitrogen and oxygen atoms in total. The van der Waals surface area contributed by atoms with Gasteiger partial charge in [-0.25, -0.2) is 0 Å². The highest BCUT2D eigenvalue weighted by Crippen LogP contribution is 2.61. The van der Waals surface area contributed by atoms with Gasteiger partial charge in [0, 0.05) is 5.92 Å². The first-order valence-electron chi connectivity index (χ1n) is 7.59. The Morgan fingerprint density at radius 3 is 2.41 bits per heavy atom. The molecule has 3 rings (SSSR count). The molecule has 1 saturated carbocycles. The number of carbonyl (C=O) groups excluding carboxylic acids is 1. The Kier molecular flexibility index (Phi) is 3.88. The fraction of sp³-hybridized carbons (Fsp3) is 0.316. The first-order valence-corrected chi connectivity index (χ1v) is 7.59. The molecule has 2 aromatic carbocycles. The van der Waals surface area contributed by atoms with Crippen molar-refractivity contribution in [3.63, 3.8) is 0 Å². The van der Waals surface area contributed by atoms with Crippen LogP contribution in [0.15, 0.2) is 54.6 Å². The number of rotatable bonds is 5. The van der Waals surface area contributed by atoms with E-state index in [0.717, 1.165) is 23.3 Å². The average molecular weight is 296 g/mol. The number of ether oxygens (including phenoxy) is 2. The summed E-state index contributed by atoms with van der Waals surface area (Å²) < 4.78 is 10.6. The van der Waals surface area contributed by atoms with Crippen molar-refractivity contribution in [3.8, 4) is 5.75 Å². The normalized spacial score (nSPS) is 22.9. The van der Waals surface area contributed by atoms with Crippen LogP contribution < -0.4 is 4.74 Å². The minimum Gasteiger partial charge on any atom is -0.497 e. The molecule has 3 heteroatoms. The van der Waals surface area contributed by atoms with Crippen LogP contribution in [0, 0.1) is 0 Å². The van der Waals surface area contributed by atoms with Gasteiger partial charge in [0.1, 0.15) is 11.2 Å². The number of esters is 1. The van der Waals surface area contributed by atoms with E-state index in [9.17, 15) is 4.79 Å². The maximum absolute atomic E-state index is 12.6. The Morgan fingerprint density at radius 2 is 1.82 bits per heavy atom. The van der Waals surface area contributed by atoms with Gasteiger partial charge >= 0.3 is 5.97 Å². The topological polar surface area (TPSA) is 35.5 Å². The van der Waals surface area contributed by atoms with Gasteiger partial charge in [0.25, 0.3) is 0 Å². The van der Waals surface area contributed by atoms with Gasteiger partial charge in [-0.05, 0) is 36.6 Å². The van der Waals surface area contributed by atoms with E-state index < -0.39 is 5.41 Å². The number of methoxy groups -OCH3 is 1. The summed E-state index contributed by atoms with van der Waals surface area (Å²) in [6, 6.07) is 17.9. The van der Waals surface area contributed by atoms with Crippen LogP contribution in [0.5, 0.6) is 5.75 Å². The standard InChI is InChI=1S/C19H20O3/c1-3-22-18(20)19(15-7-5-4-6-8-15)13-17(19)14-9-11-16(21-2)12-10-14/h4-12,17H,3,13H2,1-2H3/t17-,19-/m0/s1. The molecule has 114 valence electrons. The van der Waals surface area contributed by atoms with Gasteiger partial charge in [-0.15, -0.1) is 0 Å². The molecule has 1 aliphatic rings. The summed E-state index contributed by atoms with van der Waals surface area (Å²) in [5.41, 5.74) is 1.65. The highest BCUT2D eigenvalue weighted by molar-refractivity contribution is 5.89. The third kappa shape index (κ3) is 2.37. The lowest BCUT2D eigenvalue weighted by Gasteiger charge is -2.17. The first-order chi connectivity index (χ1) is 10.7. The highest BCUT2D eigenvalue weighted by Gasteiger charge is 2.62. The SMILES string of the molecule is CCOC(=O)[C@]1(c2ccccc2)C[C@H]1c1ccc(OC)cc1. The predicted octanol–water partition coefficient (Wildman–Crippen LogP) is 3.68. The molecule has 1 aliphatic carbocycles. The summed E-state index contributed by atoms with van der Waals surface area (Å²) in [5, 5.41) is 0. The number of benzene rings is 2. The molecular formula is C19H20O3. The van der Waals surface area contributed by atoms with Crippen molar-refractivity contribution in [2.45, 2.75) is 24.7 Å². The molecule has 0 bridgehead atoms. The van der Waals surface area contributed by atoms with E-state index in [4.69, 9.17) is 9.47 Å². The monoisotopic (exact) mass is 296 g/mol. The third-order valence-electron chi connectivity index (χ3n) is 4.41. The van der Waals surface area contributed by atoms with Crippen LogP contribution in [-0.2, 0) is 14.9 Å². The quantitative estimate of drug-likeness (QED) is 0.790. The van der Waals surface area contributed by atoms with E-state index in [-0.39, 0.29) is 11.9 Å². The van der Waals surface area contributed by atoms with Gasteiger partial charge in [0.2, 0.25) is 0 Å². The Hall–Kier alpha value is -2.29. The second-order valence-corrected chi connectivity index (χ2v) is 5.59. The van der Waals surface area contributed by atoms with E-state index in [1.54, 1.807) is 7.11 Å². The molecule has 0 spiro atoms. The van der Waals surface area contributed by atoms with Crippen molar-refractivity contribution < 1.29 is 14.3 Å². The van der Waals surface area contributed by atoms with Gasteiger partial charge in [-0.3, -0.25) is 4.79 Å². The largest absolute Gasteiger partial charge is 0.497 e. The van der Waals surface area contributed by atoms with Gasteiger partial charge < -0.3 is 9.47 Å². The molecule has 2 atom stereocenters. The minimum atomic E-state index is -0.536. The van der Waals surface area contributed by atoms with Crippen molar-refractivity contribution >= 4 is 5.97 Å².